The maximum atomic E-state index is 12.3. The van der Waals surface area contributed by atoms with E-state index < -0.39 is 35.7 Å². The average molecular weight is 2080 g/mol. The number of halogens is 4. The lowest BCUT2D eigenvalue weighted by Gasteiger charge is -2.44. The molecule has 15 fully saturated rings. The maximum absolute atomic E-state index is 12.3. The average Bonchev–Trinajstić information content (AvgIpc) is 1.71. The summed E-state index contributed by atoms with van der Waals surface area (Å²) in [7, 11) is -4.89. The van der Waals surface area contributed by atoms with Gasteiger partial charge in [-0.3, -0.25) is 38.4 Å². The van der Waals surface area contributed by atoms with Crippen LogP contribution < -0.4 is 9.64 Å². The molecule has 2 spiro atoms. The molecule has 0 amide bonds. The lowest BCUT2D eigenvalue weighted by Crippen LogP contribution is -2.52. The van der Waals surface area contributed by atoms with Gasteiger partial charge in [-0.1, -0.05) is 24.3 Å². The molecule has 1 aromatic heterocycles. The van der Waals surface area contributed by atoms with E-state index in [1.54, 1.807) is 7.11 Å². The molecule has 5 aliphatic carbocycles. The number of ether oxygens (including phenoxy) is 11. The van der Waals surface area contributed by atoms with E-state index in [1.807, 2.05) is 93.6 Å². The molecule has 11 saturated heterocycles. The van der Waals surface area contributed by atoms with Crippen LogP contribution in [0.1, 0.15) is 307 Å². The van der Waals surface area contributed by atoms with E-state index in [0.29, 0.717) is 130 Å². The van der Waals surface area contributed by atoms with E-state index >= 15 is 0 Å². The third kappa shape index (κ3) is 31.7. The monoisotopic (exact) mass is 2080 g/mol. The number of nitrogens with zero attached hydrogens (tertiary/aromatic N) is 6. The van der Waals surface area contributed by atoms with Crippen LogP contribution in [-0.2, 0) is 99.2 Å². The zero-order chi connectivity index (χ0) is 103. The highest BCUT2D eigenvalue weighted by molar-refractivity contribution is 9.10. The number of hydrogen-bond acceptors (Lipinski definition) is 28. The molecule has 142 heavy (non-hydrogen) atoms. The molecule has 19 rings (SSSR count). The fourth-order valence-electron chi connectivity index (χ4n) is 22.4. The summed E-state index contributed by atoms with van der Waals surface area (Å²) in [4.78, 5) is 39.1. The van der Waals surface area contributed by atoms with Crippen molar-refractivity contribution in [1.82, 2.24) is 24.6 Å². The van der Waals surface area contributed by atoms with Crippen molar-refractivity contribution in [3.8, 4) is 16.9 Å². The van der Waals surface area contributed by atoms with Gasteiger partial charge in [-0.05, 0) is 307 Å². The molecule has 0 N–H and O–H groups in total. The number of rotatable bonds is 11. The van der Waals surface area contributed by atoms with Gasteiger partial charge < -0.3 is 84.9 Å². The van der Waals surface area contributed by atoms with Gasteiger partial charge >= 0.3 is 36.8 Å². The zero-order valence-corrected chi connectivity index (χ0v) is 92.7. The van der Waals surface area contributed by atoms with Crippen LogP contribution in [0.3, 0.4) is 0 Å². The molecule has 28 nitrogen and oxygen atoms in total. The minimum Gasteiger partial charge on any atom is -0.495 e. The van der Waals surface area contributed by atoms with Crippen molar-refractivity contribution in [2.75, 3.05) is 104 Å². The summed E-state index contributed by atoms with van der Waals surface area (Å²) in [5, 5.41) is 1.00. The Bertz CT molecular complexity index is 4480. The minimum atomic E-state index is -5.49. The van der Waals surface area contributed by atoms with Crippen molar-refractivity contribution in [2.24, 2.45) is 0 Å². The summed E-state index contributed by atoms with van der Waals surface area (Å²) in [5.74, 6) is 1.05. The number of benzene rings is 2. The summed E-state index contributed by atoms with van der Waals surface area (Å²) in [6.45, 7) is 62.9. The number of fused-ring (bicyclic) bond motifs is 1. The van der Waals surface area contributed by atoms with Crippen LogP contribution in [-0.4, -0.2) is 319 Å². The molecule has 3 aromatic rings. The Morgan fingerprint density at radius 2 is 0.782 bits per heavy atom. The highest BCUT2D eigenvalue weighted by Crippen LogP contribution is 2.47. The van der Waals surface area contributed by atoms with Crippen LogP contribution in [0, 0.1) is 0 Å². The largest absolute Gasteiger partial charge is 0.523 e. The van der Waals surface area contributed by atoms with Crippen LogP contribution in [0.5, 0.6) is 5.75 Å². The summed E-state index contributed by atoms with van der Waals surface area (Å²) in [6.07, 6.45) is 27.3. The van der Waals surface area contributed by atoms with Crippen LogP contribution in [0.4, 0.5) is 18.9 Å². The van der Waals surface area contributed by atoms with Crippen LogP contribution in [0.2, 0.25) is 0 Å². The van der Waals surface area contributed by atoms with Crippen molar-refractivity contribution >= 4 is 75.3 Å². The van der Waals surface area contributed by atoms with Crippen molar-refractivity contribution < 1.29 is 115 Å². The Balaban J connectivity index is 0.000000148. The number of carbonyl (C=O) groups is 2. The van der Waals surface area contributed by atoms with Crippen LogP contribution in [0.25, 0.3) is 22.0 Å². The summed E-state index contributed by atoms with van der Waals surface area (Å²) < 4.78 is 163. The zero-order valence-electron chi connectivity index (χ0n) is 90.3. The number of aromatic nitrogens is 1. The molecular weight excluding hydrogens is 1910 g/mol. The van der Waals surface area contributed by atoms with Gasteiger partial charge in [-0.2, -0.15) is 21.6 Å². The molecular formula is C106H173B3BrF3N6O22S. The van der Waals surface area contributed by atoms with Gasteiger partial charge in [0.05, 0.1) is 152 Å². The number of hydrogen-bond donors (Lipinski definition) is 0. The second-order valence-corrected chi connectivity index (χ2v) is 48.2. The SMILES string of the molecule is CC1(C)OB(B2OC(C)(C)C(C)(C)O2)OC1(C)C.COc1c(-c2ccc(N3C[C@@H](C)O[C@@H](C)C3)cc2)cnc2c(Br)cccc12.C[C@@H]1CCC[C@H](C)O1.C[C@@H]1CN(C2CC=C(B3OC(C)(C)C(C)(C)O3)CC2)C[C@H](C)O1.C[C@@H]1CN(C2CCC(=O)CC2)C[C@H](C)O1.C[C@@H]1CN(C2CCC(OS(=O)(=O)C(F)(F)F)CC2)C[C@H](C)O1.C[C@@H]1CN(C2CCC3(CC2)OCCO3)C[C@H](C)O1.O=C1CCC2(CC1)OCCO2. The molecule has 11 aliphatic heterocycles. The standard InChI is InChI=1S/C22H23BrN2O2.C18H32BNO3.C14H25NO3.C13H22F3NO4S.C12H24B2O4.C12H21NO2.C8H12O3.C7H14O/c1-14-12-25(13-15(2)27-14)17-9-7-16(8-10-17)19-11-24-21-18(22(19)26-3)5-4-6-20(21)23;1-13-11-20(12-14(2)21-13)16-9-7-15(8-10-16)19-22-17(3,4)18(5,6)23-19;1-11-9-15(10-12(2)18-11)13-3-5-14(6-4-13)16-7-8-17-14;1-9-7-17(8-10(2)20-9)11-3-5-12(6-4-11)21-22(18,19)13(14,15)16;1-9(2)10(3,4)16-13(15-9)14-17-11(5,6)12(7,8)18-14;1-9-7-13(8-10(2)15-9)11-3-5-12(14)6-4-11;9-7-1-3-8(4-2-7)10-5-6-11-8;1-6-4-3-5-7(2)8-6/h4-11,14-15H,12-13H2,1-3H3;7,13-14,16H,8-12H2,1-6H3;11-13H,3-10H2,1-2H3;9-12H,3-8H2,1-2H3;1-8H3;9-11H,3-8H2,1-2H3;1-6H2;6-7H,3-5H2,1-2H3/t14-,15+;13-,14+,16?;11-,12+;9-,10+,11?,12?;;9-,10+;;6-,7+. The Morgan fingerprint density at radius 3 is 1.16 bits per heavy atom. The van der Waals surface area contributed by atoms with Crippen molar-refractivity contribution in [3.63, 3.8) is 0 Å². The Kier molecular flexibility index (Phi) is 41.2. The number of alkyl halides is 3. The molecule has 12 heterocycles. The Hall–Kier alpha value is -3.90. The van der Waals surface area contributed by atoms with Gasteiger partial charge in [0.25, 0.3) is 0 Å². The van der Waals surface area contributed by atoms with Crippen LogP contribution in [0.15, 0.2) is 64.7 Å². The van der Waals surface area contributed by atoms with E-state index in [0.717, 1.165) is 175 Å². The van der Waals surface area contributed by atoms with Crippen molar-refractivity contribution in [1.29, 1.82) is 0 Å². The summed E-state index contributed by atoms with van der Waals surface area (Å²) in [5.41, 5.74) is -1.73. The molecule has 0 bridgehead atoms. The molecule has 2 aromatic carbocycles. The van der Waals surface area contributed by atoms with E-state index in [2.05, 4.69) is 177 Å². The number of ketones is 2. The lowest BCUT2D eigenvalue weighted by molar-refractivity contribution is -0.188. The lowest BCUT2D eigenvalue weighted by atomic mass is 9.49. The molecule has 36 heteroatoms. The maximum Gasteiger partial charge on any atom is 0.523 e. The first-order chi connectivity index (χ1) is 66.6. The molecule has 4 saturated carbocycles. The van der Waals surface area contributed by atoms with Gasteiger partial charge in [0.15, 0.2) is 11.6 Å². The first-order valence-corrected chi connectivity index (χ1v) is 55.5. The molecule has 802 valence electrons. The normalized spacial score (nSPS) is 32.7. The number of carbonyl (C=O) groups excluding carboxylic acids is 2. The second-order valence-electron chi connectivity index (χ2n) is 45.8. The molecule has 1 unspecified atom stereocenters. The Morgan fingerprint density at radius 1 is 0.423 bits per heavy atom. The molecule has 13 atom stereocenters. The molecule has 0 radical (unpaired) electrons. The fourth-order valence-corrected chi connectivity index (χ4v) is 23.5. The van der Waals surface area contributed by atoms with Gasteiger partial charge in [0, 0.05) is 168 Å². The van der Waals surface area contributed by atoms with Crippen molar-refractivity contribution in [3.05, 3.63) is 64.7 Å². The van der Waals surface area contributed by atoms with E-state index in [1.165, 1.54) is 49.7 Å². The number of methoxy groups -OCH3 is 1. The quantitative estimate of drug-likeness (QED) is 0.0981. The number of morpholine rings is 5. The van der Waals surface area contributed by atoms with E-state index in [4.69, 9.17) is 80.0 Å². The summed E-state index contributed by atoms with van der Waals surface area (Å²) >= 11 is 3.57. The third-order valence-corrected chi connectivity index (χ3v) is 33.6. The third-order valence-electron chi connectivity index (χ3n) is 31.9. The fraction of sp³-hybridized carbons (Fsp3) is 0.821. The predicted octanol–water partition coefficient (Wildman–Crippen LogP) is 19.2. The highest BCUT2D eigenvalue weighted by Gasteiger charge is 2.64. The number of allylic oxidation sites excluding steroid dienone is 1. The minimum absolute atomic E-state index is 0.128. The Labute approximate surface area is 857 Å². The number of para-hydroxylation sites is 1. The topological polar surface area (TPSA) is 264 Å². The second kappa shape index (κ2) is 50.1. The highest BCUT2D eigenvalue weighted by atomic mass is 79.9. The van der Waals surface area contributed by atoms with Gasteiger partial charge in [0.2, 0.25) is 0 Å². The summed E-state index contributed by atoms with van der Waals surface area (Å²) in [6, 6.07) is 16.9. The number of Topliss-reactive ketones (excluding diaryl/α,β-unsaturated/α-hetero) is 2. The van der Waals surface area contributed by atoms with Crippen LogP contribution >= 0.6 is 15.9 Å². The van der Waals surface area contributed by atoms with E-state index in [9.17, 15) is 31.2 Å². The first-order valence-electron chi connectivity index (χ1n) is 53.3. The van der Waals surface area contributed by atoms with E-state index in [-0.39, 0.29) is 82.8 Å². The van der Waals surface area contributed by atoms with Gasteiger partial charge in [-0.25, -0.2) is 0 Å². The van der Waals surface area contributed by atoms with Gasteiger partial charge in [0.1, 0.15) is 17.3 Å². The first kappa shape index (κ1) is 117. The number of pyridine rings is 1. The van der Waals surface area contributed by atoms with Gasteiger partial charge in [-0.15, -0.1) is 0 Å². The number of anilines is 1. The van der Waals surface area contributed by atoms with Crippen molar-refractivity contribution in [2.45, 2.75) is 462 Å². The predicted molar refractivity (Wildman–Crippen MR) is 552 cm³/mol. The smallest absolute Gasteiger partial charge is 0.495 e. The molecule has 16 aliphatic rings.